The van der Waals surface area contributed by atoms with Gasteiger partial charge in [0.15, 0.2) is 5.78 Å². The van der Waals surface area contributed by atoms with Crippen molar-refractivity contribution in [2.24, 2.45) is 17.8 Å². The minimum Gasteiger partial charge on any atom is -0.515 e. The van der Waals surface area contributed by atoms with Crippen LogP contribution in [0.3, 0.4) is 0 Å². The number of H-pyrrole nitrogens is 3. The van der Waals surface area contributed by atoms with Crippen LogP contribution < -0.4 is 26.6 Å². The van der Waals surface area contributed by atoms with Crippen LogP contribution in [0.5, 0.6) is 0 Å². The van der Waals surface area contributed by atoms with Gasteiger partial charge in [0.25, 0.3) is 0 Å². The van der Waals surface area contributed by atoms with Crippen LogP contribution >= 0.6 is 0 Å². The van der Waals surface area contributed by atoms with Gasteiger partial charge in [-0.05, 0) is 79.7 Å². The fraction of sp³-hybridized carbons (Fsp3) is 0.355. The third-order valence-corrected chi connectivity index (χ3v) is 9.31. The lowest BCUT2D eigenvalue weighted by atomic mass is 9.84. The molecular formula is C31H34N4O4. The average molecular weight is 527 g/mol. The fourth-order valence-corrected chi connectivity index (χ4v) is 6.49. The molecule has 4 atom stereocenters. The monoisotopic (exact) mass is 526 g/mol. The number of aromatic nitrogens is 3. The Morgan fingerprint density at radius 3 is 2.21 bits per heavy atom. The largest absolute Gasteiger partial charge is 0.515 e. The molecule has 2 aliphatic heterocycles. The molecule has 5 heterocycles. The van der Waals surface area contributed by atoms with E-state index in [0.29, 0.717) is 16.1 Å². The Morgan fingerprint density at radius 1 is 0.897 bits per heavy atom. The van der Waals surface area contributed by atoms with E-state index in [1.165, 1.54) is 7.11 Å². The lowest BCUT2D eigenvalue weighted by Gasteiger charge is -2.22. The SMILES string of the molecule is COC(=O)[C@H]1C(=O)c2c(C)/c3[nH]c2=C1C1N/C(=C\c2[nH]c(c(C)c2C)/C=c2\[nH]c(c(C)\c2=C\O)\C=3)[C@@H](C)[C@@H]1C. The highest BCUT2D eigenvalue weighted by Gasteiger charge is 2.48. The molecule has 1 aliphatic carbocycles. The Labute approximate surface area is 225 Å². The van der Waals surface area contributed by atoms with Gasteiger partial charge in [0.2, 0.25) is 0 Å². The van der Waals surface area contributed by atoms with Crippen LogP contribution in [0.15, 0.2) is 5.70 Å². The Kier molecular flexibility index (Phi) is 5.57. The zero-order valence-corrected chi connectivity index (χ0v) is 23.3. The first-order valence-electron chi connectivity index (χ1n) is 13.4. The van der Waals surface area contributed by atoms with Crippen molar-refractivity contribution in [3.8, 4) is 0 Å². The van der Waals surface area contributed by atoms with Crippen molar-refractivity contribution in [3.63, 3.8) is 0 Å². The Bertz CT molecular complexity index is 1860. The molecule has 39 heavy (non-hydrogen) atoms. The summed E-state index contributed by atoms with van der Waals surface area (Å²) >= 11 is 0. The Hall–Kier alpha value is -4.20. The second kappa shape index (κ2) is 8.66. The Morgan fingerprint density at radius 2 is 1.54 bits per heavy atom. The average Bonchev–Trinajstić information content (AvgIpc) is 3.63. The molecule has 8 nitrogen and oxygen atoms in total. The maximum atomic E-state index is 13.8. The number of aliphatic hydroxyl groups excluding tert-OH is 1. The number of nitrogens with one attached hydrogen (secondary N) is 4. The summed E-state index contributed by atoms with van der Waals surface area (Å²) in [4.78, 5) is 37.3. The summed E-state index contributed by atoms with van der Waals surface area (Å²) in [6.07, 6.45) is 7.26. The van der Waals surface area contributed by atoms with Gasteiger partial charge < -0.3 is 30.1 Å². The summed E-state index contributed by atoms with van der Waals surface area (Å²) < 4.78 is 5.13. The summed E-state index contributed by atoms with van der Waals surface area (Å²) in [7, 11) is 1.33. The van der Waals surface area contributed by atoms with E-state index in [2.05, 4.69) is 54.0 Å². The molecule has 3 aliphatic rings. The second-order valence-corrected chi connectivity index (χ2v) is 11.2. The van der Waals surface area contributed by atoms with Crippen molar-refractivity contribution in [2.45, 2.75) is 47.6 Å². The minimum atomic E-state index is -0.987. The number of ketones is 1. The molecule has 8 bridgehead atoms. The van der Waals surface area contributed by atoms with Gasteiger partial charge in [-0.1, -0.05) is 13.8 Å². The van der Waals surface area contributed by atoms with Crippen LogP contribution in [0.2, 0.25) is 0 Å². The van der Waals surface area contributed by atoms with Crippen molar-refractivity contribution in [1.29, 1.82) is 0 Å². The number of carbonyl (C=O) groups is 2. The van der Waals surface area contributed by atoms with Crippen molar-refractivity contribution < 1.29 is 19.4 Å². The van der Waals surface area contributed by atoms with E-state index in [1.807, 2.05) is 26.0 Å². The molecule has 1 saturated heterocycles. The first kappa shape index (κ1) is 25.1. The topological polar surface area (TPSA) is 123 Å². The van der Waals surface area contributed by atoms with Crippen LogP contribution in [-0.4, -0.2) is 45.0 Å². The molecule has 3 aromatic rings. The Balaban J connectivity index is 1.75. The van der Waals surface area contributed by atoms with Gasteiger partial charge in [0.05, 0.1) is 30.1 Å². The maximum absolute atomic E-state index is 13.8. The van der Waals surface area contributed by atoms with E-state index in [1.54, 1.807) is 0 Å². The second-order valence-electron chi connectivity index (χ2n) is 11.2. The van der Waals surface area contributed by atoms with Crippen LogP contribution in [0.25, 0.3) is 30.1 Å². The van der Waals surface area contributed by atoms with E-state index in [-0.39, 0.29) is 23.7 Å². The lowest BCUT2D eigenvalue weighted by Crippen LogP contribution is -2.37. The summed E-state index contributed by atoms with van der Waals surface area (Å²) in [6.45, 7) is 12.4. The van der Waals surface area contributed by atoms with Crippen molar-refractivity contribution in [1.82, 2.24) is 20.3 Å². The molecule has 6 rings (SSSR count). The zero-order valence-electron chi connectivity index (χ0n) is 23.3. The molecule has 3 aromatic heterocycles. The van der Waals surface area contributed by atoms with E-state index in [0.717, 1.165) is 67.6 Å². The fourth-order valence-electron chi connectivity index (χ4n) is 6.49. The molecule has 1 unspecified atom stereocenters. The number of rotatable bonds is 1. The maximum Gasteiger partial charge on any atom is 0.320 e. The highest BCUT2D eigenvalue weighted by Crippen LogP contribution is 2.39. The van der Waals surface area contributed by atoms with Gasteiger partial charge in [0.1, 0.15) is 5.92 Å². The molecule has 0 saturated carbocycles. The standard InChI is InChI=1S/C31H34N4O4/c1-12-13(2)20-10-24-18(11-36)16(5)22(33-24)9-23-17(6)25-29(35-23)26(27(30(25)37)31(38)39-7)28-15(4)14(3)21(34-28)8-19(12)32-20/h8-11,14-15,27-28,32-36H,1-7H3/b18-11-,21-8-,23-9-,24-10-/t14-,15-,27+,28?/m0/s1. The number of hydrogen-bond donors (Lipinski definition) is 5. The first-order valence-corrected chi connectivity index (χ1v) is 13.4. The number of ether oxygens (including phenoxy) is 1. The van der Waals surface area contributed by atoms with Gasteiger partial charge in [-0.15, -0.1) is 0 Å². The highest BCUT2D eigenvalue weighted by molar-refractivity contribution is 6.19. The number of fused-ring (bicyclic) bond motifs is 8. The molecule has 8 heteroatoms. The van der Waals surface area contributed by atoms with Crippen LogP contribution in [0, 0.1) is 45.4 Å². The number of aliphatic hydroxyl groups is 1. The van der Waals surface area contributed by atoms with Crippen LogP contribution in [0.4, 0.5) is 0 Å². The van der Waals surface area contributed by atoms with Crippen LogP contribution in [0.1, 0.15) is 63.5 Å². The molecule has 1 fully saturated rings. The number of carbonyl (C=O) groups excluding carboxylic acids is 2. The number of esters is 1. The smallest absolute Gasteiger partial charge is 0.320 e. The van der Waals surface area contributed by atoms with Crippen LogP contribution in [-0.2, 0) is 9.53 Å². The van der Waals surface area contributed by atoms with Crippen molar-refractivity contribution >= 4 is 41.8 Å². The summed E-state index contributed by atoms with van der Waals surface area (Å²) in [5.74, 6) is -1.47. The van der Waals surface area contributed by atoms with Gasteiger partial charge in [-0.3, -0.25) is 9.59 Å². The van der Waals surface area contributed by atoms with E-state index in [4.69, 9.17) is 4.74 Å². The third-order valence-electron chi connectivity index (χ3n) is 9.31. The number of methoxy groups -OCH3 is 1. The molecule has 0 amide bonds. The van der Waals surface area contributed by atoms with E-state index in [9.17, 15) is 14.7 Å². The molecule has 5 N–H and O–H groups in total. The van der Waals surface area contributed by atoms with Crippen molar-refractivity contribution in [2.75, 3.05) is 7.11 Å². The van der Waals surface area contributed by atoms with E-state index >= 15 is 0 Å². The van der Waals surface area contributed by atoms with Crippen molar-refractivity contribution in [3.05, 3.63) is 71.9 Å². The summed E-state index contributed by atoms with van der Waals surface area (Å²) in [5.41, 5.74) is 9.03. The van der Waals surface area contributed by atoms with E-state index < -0.39 is 11.9 Å². The zero-order chi connectivity index (χ0) is 27.9. The molecule has 202 valence electrons. The number of allylic oxidation sites excluding steroid dienone is 1. The quantitative estimate of drug-likeness (QED) is 0.244. The number of aromatic amines is 3. The predicted molar refractivity (Wildman–Crippen MR) is 151 cm³/mol. The molecular weight excluding hydrogens is 492 g/mol. The van der Waals surface area contributed by atoms with Gasteiger partial charge in [-0.2, -0.15) is 0 Å². The highest BCUT2D eigenvalue weighted by atomic mass is 16.5. The summed E-state index contributed by atoms with van der Waals surface area (Å²) in [5, 5.41) is 16.8. The number of Topliss-reactive ketones (excluding diaryl/α,β-unsaturated/α-hetero) is 1. The van der Waals surface area contributed by atoms with Gasteiger partial charge in [0, 0.05) is 44.8 Å². The van der Waals surface area contributed by atoms with Gasteiger partial charge >= 0.3 is 5.97 Å². The normalized spacial score (nSPS) is 26.9. The first-order chi connectivity index (χ1) is 18.6. The number of hydrogen-bond acceptors (Lipinski definition) is 5. The van der Waals surface area contributed by atoms with Gasteiger partial charge in [-0.25, -0.2) is 0 Å². The lowest BCUT2D eigenvalue weighted by molar-refractivity contribution is -0.141. The molecule has 0 aromatic carbocycles. The minimum absolute atomic E-state index is 0.127. The predicted octanol–water partition coefficient (Wildman–Crippen LogP) is 1.59. The third kappa shape index (κ3) is 3.43. The molecule has 0 spiro atoms. The molecule has 0 radical (unpaired) electrons. The summed E-state index contributed by atoms with van der Waals surface area (Å²) in [6, 6.07) is -0.226.